The SMILES string of the molecule is CC1CC2C3CC(C)N(C3)C2C1. The largest absolute Gasteiger partial charge is 0.297 e. The molecule has 68 valence electrons. The number of hydrogen-bond acceptors (Lipinski definition) is 1. The van der Waals surface area contributed by atoms with Crippen LogP contribution in [0.2, 0.25) is 0 Å². The van der Waals surface area contributed by atoms with Gasteiger partial charge in [0.2, 0.25) is 0 Å². The van der Waals surface area contributed by atoms with Gasteiger partial charge < -0.3 is 0 Å². The lowest BCUT2D eigenvalue weighted by Crippen LogP contribution is -2.38. The van der Waals surface area contributed by atoms with Crippen LogP contribution < -0.4 is 0 Å². The third kappa shape index (κ3) is 0.783. The third-order valence-corrected chi connectivity index (χ3v) is 4.50. The first-order chi connectivity index (χ1) is 5.75. The van der Waals surface area contributed by atoms with Crippen molar-refractivity contribution in [2.45, 2.75) is 45.2 Å². The van der Waals surface area contributed by atoms with Crippen LogP contribution in [-0.2, 0) is 0 Å². The van der Waals surface area contributed by atoms with E-state index >= 15 is 0 Å². The van der Waals surface area contributed by atoms with Crippen molar-refractivity contribution >= 4 is 0 Å². The summed E-state index contributed by atoms with van der Waals surface area (Å²) in [5.41, 5.74) is 0. The Morgan fingerprint density at radius 2 is 1.92 bits per heavy atom. The minimum absolute atomic E-state index is 0.904. The summed E-state index contributed by atoms with van der Waals surface area (Å²) in [5, 5.41) is 0. The van der Waals surface area contributed by atoms with Gasteiger partial charge in [-0.2, -0.15) is 0 Å². The van der Waals surface area contributed by atoms with E-state index in [2.05, 4.69) is 18.7 Å². The first-order valence-corrected chi connectivity index (χ1v) is 5.51. The van der Waals surface area contributed by atoms with Crippen molar-refractivity contribution in [3.63, 3.8) is 0 Å². The summed E-state index contributed by atoms with van der Waals surface area (Å²) in [7, 11) is 0. The second-order valence-electron chi connectivity index (χ2n) is 5.35. The molecule has 1 saturated carbocycles. The molecule has 3 fully saturated rings. The molecular weight excluding hydrogens is 146 g/mol. The van der Waals surface area contributed by atoms with Crippen LogP contribution in [-0.4, -0.2) is 23.5 Å². The van der Waals surface area contributed by atoms with Gasteiger partial charge in [0.15, 0.2) is 0 Å². The Kier molecular flexibility index (Phi) is 1.39. The van der Waals surface area contributed by atoms with Crippen LogP contribution in [0.4, 0.5) is 0 Å². The minimum atomic E-state index is 0.904. The molecule has 3 rings (SSSR count). The molecule has 3 aliphatic rings. The average Bonchev–Trinajstić information content (AvgIpc) is 2.57. The van der Waals surface area contributed by atoms with Crippen molar-refractivity contribution in [2.24, 2.45) is 17.8 Å². The fourth-order valence-corrected chi connectivity index (χ4v) is 4.06. The van der Waals surface area contributed by atoms with E-state index in [4.69, 9.17) is 0 Å². The van der Waals surface area contributed by atoms with Crippen LogP contribution in [0.3, 0.4) is 0 Å². The van der Waals surface area contributed by atoms with Gasteiger partial charge in [0.05, 0.1) is 0 Å². The zero-order valence-corrected chi connectivity index (χ0v) is 8.16. The van der Waals surface area contributed by atoms with Crippen molar-refractivity contribution in [3.8, 4) is 0 Å². The van der Waals surface area contributed by atoms with Gasteiger partial charge in [0.1, 0.15) is 0 Å². The zero-order valence-electron chi connectivity index (χ0n) is 8.16. The van der Waals surface area contributed by atoms with Gasteiger partial charge in [-0.15, -0.1) is 0 Å². The van der Waals surface area contributed by atoms with E-state index in [9.17, 15) is 0 Å². The maximum atomic E-state index is 2.79. The molecule has 0 spiro atoms. The first kappa shape index (κ1) is 7.37. The maximum Gasteiger partial charge on any atom is 0.0132 e. The van der Waals surface area contributed by atoms with Crippen LogP contribution in [0, 0.1) is 17.8 Å². The van der Waals surface area contributed by atoms with Crippen LogP contribution >= 0.6 is 0 Å². The highest BCUT2D eigenvalue weighted by Gasteiger charge is 2.52. The number of nitrogens with zero attached hydrogens (tertiary/aromatic N) is 1. The highest BCUT2D eigenvalue weighted by Crippen LogP contribution is 2.51. The molecule has 2 aliphatic heterocycles. The minimum Gasteiger partial charge on any atom is -0.297 e. The highest BCUT2D eigenvalue weighted by atomic mass is 15.3. The standard InChI is InChI=1S/C11H19N/c1-7-3-10-9-5-8(2)12(6-9)11(10)4-7/h7-11H,3-6H2,1-2H3. The molecular formula is C11H19N. The molecule has 6 atom stereocenters. The lowest BCUT2D eigenvalue weighted by molar-refractivity contribution is 0.167. The normalized spacial score (nSPS) is 62.5. The quantitative estimate of drug-likeness (QED) is 0.531. The van der Waals surface area contributed by atoms with Gasteiger partial charge in [0, 0.05) is 18.6 Å². The van der Waals surface area contributed by atoms with E-state index in [1.54, 1.807) is 0 Å². The molecule has 2 bridgehead atoms. The Balaban J connectivity index is 1.86. The maximum absolute atomic E-state index is 2.79. The van der Waals surface area contributed by atoms with E-state index in [1.165, 1.54) is 25.8 Å². The fraction of sp³-hybridized carbons (Fsp3) is 1.00. The molecule has 1 aliphatic carbocycles. The number of fused-ring (bicyclic) bond motifs is 5. The summed E-state index contributed by atoms with van der Waals surface area (Å²) in [6.07, 6.45) is 4.51. The smallest absolute Gasteiger partial charge is 0.0132 e. The summed E-state index contributed by atoms with van der Waals surface area (Å²) < 4.78 is 0. The molecule has 0 aromatic carbocycles. The first-order valence-electron chi connectivity index (χ1n) is 5.51. The molecule has 6 unspecified atom stereocenters. The van der Waals surface area contributed by atoms with Gasteiger partial charge in [0.25, 0.3) is 0 Å². The predicted molar refractivity (Wildman–Crippen MR) is 50.0 cm³/mol. The molecule has 0 amide bonds. The van der Waals surface area contributed by atoms with Crippen molar-refractivity contribution in [1.82, 2.24) is 4.90 Å². The molecule has 2 saturated heterocycles. The van der Waals surface area contributed by atoms with E-state index in [0.717, 1.165) is 29.8 Å². The Morgan fingerprint density at radius 1 is 1.08 bits per heavy atom. The van der Waals surface area contributed by atoms with Crippen LogP contribution in [0.25, 0.3) is 0 Å². The van der Waals surface area contributed by atoms with Gasteiger partial charge in [-0.1, -0.05) is 6.92 Å². The molecule has 1 heteroatoms. The number of piperidine rings is 1. The van der Waals surface area contributed by atoms with Crippen LogP contribution in [0.5, 0.6) is 0 Å². The predicted octanol–water partition coefficient (Wildman–Crippen LogP) is 2.13. The summed E-state index contributed by atoms with van der Waals surface area (Å²) in [4.78, 5) is 2.79. The average molecular weight is 165 g/mol. The summed E-state index contributed by atoms with van der Waals surface area (Å²) in [5.74, 6) is 3.18. The lowest BCUT2D eigenvalue weighted by Gasteiger charge is -2.31. The summed E-state index contributed by atoms with van der Waals surface area (Å²) in [6, 6.07) is 1.90. The topological polar surface area (TPSA) is 3.24 Å². The Morgan fingerprint density at radius 3 is 2.75 bits per heavy atom. The Bertz CT molecular complexity index is 197. The number of rotatable bonds is 0. The van der Waals surface area contributed by atoms with Gasteiger partial charge in [-0.05, 0) is 43.9 Å². The monoisotopic (exact) mass is 165 g/mol. The van der Waals surface area contributed by atoms with Gasteiger partial charge in [-0.3, -0.25) is 4.90 Å². The Hall–Kier alpha value is -0.0400. The van der Waals surface area contributed by atoms with Crippen molar-refractivity contribution in [3.05, 3.63) is 0 Å². The van der Waals surface area contributed by atoms with Crippen molar-refractivity contribution in [2.75, 3.05) is 6.54 Å². The van der Waals surface area contributed by atoms with Gasteiger partial charge >= 0.3 is 0 Å². The molecule has 0 aromatic rings. The summed E-state index contributed by atoms with van der Waals surface area (Å²) in [6.45, 7) is 6.28. The van der Waals surface area contributed by atoms with E-state index in [1.807, 2.05) is 0 Å². The van der Waals surface area contributed by atoms with E-state index < -0.39 is 0 Å². The zero-order chi connectivity index (χ0) is 8.29. The second-order valence-corrected chi connectivity index (χ2v) is 5.35. The Labute approximate surface area is 75.1 Å². The van der Waals surface area contributed by atoms with Gasteiger partial charge in [-0.25, -0.2) is 0 Å². The lowest BCUT2D eigenvalue weighted by atomic mass is 9.86. The van der Waals surface area contributed by atoms with Crippen LogP contribution in [0.15, 0.2) is 0 Å². The van der Waals surface area contributed by atoms with Crippen molar-refractivity contribution in [1.29, 1.82) is 0 Å². The third-order valence-electron chi connectivity index (χ3n) is 4.50. The summed E-state index contributed by atoms with van der Waals surface area (Å²) >= 11 is 0. The van der Waals surface area contributed by atoms with E-state index in [-0.39, 0.29) is 0 Å². The van der Waals surface area contributed by atoms with Crippen molar-refractivity contribution < 1.29 is 0 Å². The van der Waals surface area contributed by atoms with E-state index in [0.29, 0.717) is 0 Å². The second kappa shape index (κ2) is 2.25. The highest BCUT2D eigenvalue weighted by molar-refractivity contribution is 5.05. The van der Waals surface area contributed by atoms with Crippen LogP contribution in [0.1, 0.15) is 33.1 Å². The molecule has 1 nitrogen and oxygen atoms in total. The fourth-order valence-electron chi connectivity index (χ4n) is 4.06. The molecule has 0 radical (unpaired) electrons. The molecule has 0 N–H and O–H groups in total. The molecule has 0 aromatic heterocycles. The molecule has 12 heavy (non-hydrogen) atoms. The number of hydrogen-bond donors (Lipinski definition) is 0. The molecule has 2 heterocycles.